The third-order valence-corrected chi connectivity index (χ3v) is 1.73. The molecule has 0 radical (unpaired) electrons. The minimum atomic E-state index is -0.721. The number of hydrogen-bond donors (Lipinski definition) is 1. The number of hydrogen-bond acceptors (Lipinski definition) is 2. The Labute approximate surface area is 78.5 Å². The van der Waals surface area contributed by atoms with Gasteiger partial charge in [-0.15, -0.1) is 0 Å². The van der Waals surface area contributed by atoms with E-state index in [2.05, 4.69) is 0 Å². The summed E-state index contributed by atoms with van der Waals surface area (Å²) in [5.41, 5.74) is 0. The molecule has 0 atom stereocenters. The summed E-state index contributed by atoms with van der Waals surface area (Å²) in [6.07, 6.45) is 9.07. The molecule has 3 nitrogen and oxygen atoms in total. The Morgan fingerprint density at radius 2 is 1.85 bits per heavy atom. The molecule has 74 valence electrons. The molecule has 0 saturated heterocycles. The number of aldehydes is 1. The zero-order valence-electron chi connectivity index (χ0n) is 7.74. The Hall–Kier alpha value is -1.12. The predicted molar refractivity (Wildman–Crippen MR) is 50.5 cm³/mol. The summed E-state index contributed by atoms with van der Waals surface area (Å²) in [7, 11) is 0. The first-order chi connectivity index (χ1) is 6.27. The lowest BCUT2D eigenvalue weighted by molar-refractivity contribution is -0.137. The van der Waals surface area contributed by atoms with Gasteiger partial charge in [-0.25, -0.2) is 0 Å². The van der Waals surface area contributed by atoms with Gasteiger partial charge in [0.1, 0.15) is 6.29 Å². The van der Waals surface area contributed by atoms with E-state index < -0.39 is 5.97 Å². The van der Waals surface area contributed by atoms with Gasteiger partial charge in [-0.1, -0.05) is 18.9 Å². The van der Waals surface area contributed by atoms with E-state index in [4.69, 9.17) is 5.11 Å². The molecule has 0 aromatic carbocycles. The number of allylic oxidation sites excluding steroid dienone is 2. The van der Waals surface area contributed by atoms with E-state index in [-0.39, 0.29) is 6.42 Å². The van der Waals surface area contributed by atoms with Crippen molar-refractivity contribution in [1.82, 2.24) is 0 Å². The van der Waals surface area contributed by atoms with Crippen LogP contribution in [0.5, 0.6) is 0 Å². The molecule has 0 aliphatic carbocycles. The van der Waals surface area contributed by atoms with Crippen LogP contribution in [0.3, 0.4) is 0 Å². The van der Waals surface area contributed by atoms with Gasteiger partial charge in [0.25, 0.3) is 0 Å². The lowest BCUT2D eigenvalue weighted by atomic mass is 10.1. The minimum absolute atomic E-state index is 0.268. The molecular formula is C10H16O3. The van der Waals surface area contributed by atoms with Crippen molar-refractivity contribution in [3.63, 3.8) is 0 Å². The fraction of sp³-hybridized carbons (Fsp3) is 0.600. The van der Waals surface area contributed by atoms with Crippen molar-refractivity contribution in [2.24, 2.45) is 0 Å². The van der Waals surface area contributed by atoms with Gasteiger partial charge in [0.15, 0.2) is 0 Å². The van der Waals surface area contributed by atoms with Crippen molar-refractivity contribution < 1.29 is 14.7 Å². The summed E-state index contributed by atoms with van der Waals surface area (Å²) < 4.78 is 0. The number of unbranched alkanes of at least 4 members (excludes halogenated alkanes) is 4. The van der Waals surface area contributed by atoms with E-state index in [1.807, 2.05) is 6.08 Å². The average Bonchev–Trinajstić information content (AvgIpc) is 2.09. The van der Waals surface area contributed by atoms with E-state index >= 15 is 0 Å². The topological polar surface area (TPSA) is 54.4 Å². The van der Waals surface area contributed by atoms with Crippen LogP contribution < -0.4 is 0 Å². The maximum absolute atomic E-state index is 10.1. The number of carbonyl (C=O) groups excluding carboxylic acids is 1. The normalized spacial score (nSPS) is 10.5. The fourth-order valence-electron chi connectivity index (χ4n) is 1.04. The van der Waals surface area contributed by atoms with Crippen LogP contribution in [-0.4, -0.2) is 17.4 Å². The van der Waals surface area contributed by atoms with Crippen LogP contribution in [0.15, 0.2) is 12.2 Å². The maximum Gasteiger partial charge on any atom is 0.303 e. The predicted octanol–water partition coefficient (Wildman–Crippen LogP) is 2.17. The quantitative estimate of drug-likeness (QED) is 0.357. The average molecular weight is 184 g/mol. The van der Waals surface area contributed by atoms with Crippen LogP contribution in [0.4, 0.5) is 0 Å². The SMILES string of the molecule is O=CC=CCCCCCCC(=O)O. The smallest absolute Gasteiger partial charge is 0.303 e. The minimum Gasteiger partial charge on any atom is -0.481 e. The molecule has 13 heavy (non-hydrogen) atoms. The molecule has 0 fully saturated rings. The molecule has 0 amide bonds. The van der Waals surface area contributed by atoms with Crippen molar-refractivity contribution in [1.29, 1.82) is 0 Å². The van der Waals surface area contributed by atoms with E-state index in [1.54, 1.807) is 0 Å². The second-order valence-electron chi connectivity index (χ2n) is 2.91. The van der Waals surface area contributed by atoms with Gasteiger partial charge in [-0.3, -0.25) is 9.59 Å². The van der Waals surface area contributed by atoms with E-state index in [9.17, 15) is 9.59 Å². The summed E-state index contributed by atoms with van der Waals surface area (Å²) in [6.45, 7) is 0. The second-order valence-corrected chi connectivity index (χ2v) is 2.91. The largest absolute Gasteiger partial charge is 0.481 e. The first kappa shape index (κ1) is 11.9. The Balaban J connectivity index is 3.03. The van der Waals surface area contributed by atoms with Gasteiger partial charge in [0, 0.05) is 6.42 Å². The van der Waals surface area contributed by atoms with E-state index in [0.717, 1.165) is 38.4 Å². The molecule has 0 heterocycles. The highest BCUT2D eigenvalue weighted by molar-refractivity contribution is 5.66. The fourth-order valence-corrected chi connectivity index (χ4v) is 1.04. The number of carboxylic acid groups (broad SMARTS) is 1. The second kappa shape index (κ2) is 8.97. The summed E-state index contributed by atoms with van der Waals surface area (Å²) >= 11 is 0. The Morgan fingerprint density at radius 3 is 2.46 bits per heavy atom. The molecule has 0 aromatic rings. The summed E-state index contributed by atoms with van der Waals surface area (Å²) in [6, 6.07) is 0. The number of carboxylic acids is 1. The van der Waals surface area contributed by atoms with Crippen LogP contribution in [0.1, 0.15) is 38.5 Å². The molecule has 0 aliphatic rings. The molecule has 0 saturated carbocycles. The van der Waals surface area contributed by atoms with Crippen LogP contribution in [0.2, 0.25) is 0 Å². The third kappa shape index (κ3) is 10.9. The first-order valence-corrected chi connectivity index (χ1v) is 4.59. The molecule has 0 aliphatic heterocycles. The van der Waals surface area contributed by atoms with Crippen LogP contribution in [0, 0.1) is 0 Å². The van der Waals surface area contributed by atoms with E-state index in [1.165, 1.54) is 6.08 Å². The molecule has 3 heteroatoms. The maximum atomic E-state index is 10.1. The van der Waals surface area contributed by atoms with Gasteiger partial charge >= 0.3 is 5.97 Å². The number of rotatable bonds is 8. The summed E-state index contributed by atoms with van der Waals surface area (Å²) in [5.74, 6) is -0.721. The molecule has 1 N–H and O–H groups in total. The molecule has 0 bridgehead atoms. The lowest BCUT2D eigenvalue weighted by Crippen LogP contribution is -1.93. The van der Waals surface area contributed by atoms with Crippen molar-refractivity contribution in [2.45, 2.75) is 38.5 Å². The lowest BCUT2D eigenvalue weighted by Gasteiger charge is -1.96. The standard InChI is InChI=1S/C10H16O3/c11-9-7-5-3-1-2-4-6-8-10(12)13/h5,7,9H,1-4,6,8H2,(H,12,13). The van der Waals surface area contributed by atoms with Gasteiger partial charge < -0.3 is 5.11 Å². The highest BCUT2D eigenvalue weighted by Gasteiger charge is 1.95. The van der Waals surface area contributed by atoms with Crippen LogP contribution in [-0.2, 0) is 9.59 Å². The van der Waals surface area contributed by atoms with Gasteiger partial charge in [0.2, 0.25) is 0 Å². The highest BCUT2D eigenvalue weighted by atomic mass is 16.4. The number of carbonyl (C=O) groups is 2. The first-order valence-electron chi connectivity index (χ1n) is 4.59. The van der Waals surface area contributed by atoms with Crippen molar-refractivity contribution in [3.8, 4) is 0 Å². The Kier molecular flexibility index (Phi) is 8.20. The third-order valence-electron chi connectivity index (χ3n) is 1.73. The van der Waals surface area contributed by atoms with Crippen molar-refractivity contribution in [2.75, 3.05) is 0 Å². The van der Waals surface area contributed by atoms with Crippen molar-refractivity contribution >= 4 is 12.3 Å². The van der Waals surface area contributed by atoms with Gasteiger partial charge in [-0.05, 0) is 25.3 Å². The molecule has 0 spiro atoms. The van der Waals surface area contributed by atoms with Crippen LogP contribution >= 0.6 is 0 Å². The molecule has 0 aromatic heterocycles. The Bertz CT molecular complexity index is 173. The number of aliphatic carboxylic acids is 1. The van der Waals surface area contributed by atoms with Crippen LogP contribution in [0.25, 0.3) is 0 Å². The molecule has 0 rings (SSSR count). The Morgan fingerprint density at radius 1 is 1.15 bits per heavy atom. The van der Waals surface area contributed by atoms with Gasteiger partial charge in [-0.2, -0.15) is 0 Å². The molecule has 0 unspecified atom stereocenters. The summed E-state index contributed by atoms with van der Waals surface area (Å²) in [4.78, 5) is 20.0. The molecular weight excluding hydrogens is 168 g/mol. The zero-order chi connectivity index (χ0) is 9.94. The summed E-state index contributed by atoms with van der Waals surface area (Å²) in [5, 5.41) is 8.34. The highest BCUT2D eigenvalue weighted by Crippen LogP contribution is 2.05. The van der Waals surface area contributed by atoms with E-state index in [0.29, 0.717) is 0 Å². The monoisotopic (exact) mass is 184 g/mol. The zero-order valence-corrected chi connectivity index (χ0v) is 7.74. The van der Waals surface area contributed by atoms with Crippen molar-refractivity contribution in [3.05, 3.63) is 12.2 Å². The van der Waals surface area contributed by atoms with Gasteiger partial charge in [0.05, 0.1) is 0 Å².